The Labute approximate surface area is 211 Å². The Morgan fingerprint density at radius 1 is 1.14 bits per heavy atom. The lowest BCUT2D eigenvalue weighted by Crippen LogP contribution is -2.39. The van der Waals surface area contributed by atoms with Crippen LogP contribution in [0.15, 0.2) is 34.9 Å². The van der Waals surface area contributed by atoms with Crippen molar-refractivity contribution < 1.29 is 23.2 Å². The van der Waals surface area contributed by atoms with Gasteiger partial charge in [0, 0.05) is 31.6 Å². The van der Waals surface area contributed by atoms with Crippen molar-refractivity contribution >= 4 is 51.9 Å². The predicted octanol–water partition coefficient (Wildman–Crippen LogP) is 4.78. The van der Waals surface area contributed by atoms with E-state index in [0.29, 0.717) is 11.4 Å². The average molecular weight is 514 g/mol. The van der Waals surface area contributed by atoms with E-state index < -0.39 is 11.9 Å². The summed E-state index contributed by atoms with van der Waals surface area (Å²) in [5, 5.41) is 5.72. The van der Waals surface area contributed by atoms with Crippen molar-refractivity contribution in [3.63, 3.8) is 0 Å². The molecule has 1 saturated heterocycles. The second kappa shape index (κ2) is 10.2. The number of hydrogen-bond donors (Lipinski definition) is 2. The lowest BCUT2D eigenvalue weighted by Gasteiger charge is -2.34. The number of pyridine rings is 2. The number of furan rings is 1. The third-order valence-corrected chi connectivity index (χ3v) is 7.00. The van der Waals surface area contributed by atoms with Gasteiger partial charge in [0.1, 0.15) is 17.0 Å². The number of nitrogens with zero attached hydrogens (tertiary/aromatic N) is 3. The van der Waals surface area contributed by atoms with Crippen molar-refractivity contribution in [2.45, 2.75) is 51.0 Å². The van der Waals surface area contributed by atoms with Gasteiger partial charge in [0.05, 0.1) is 5.02 Å². The first-order chi connectivity index (χ1) is 17.4. The van der Waals surface area contributed by atoms with Crippen LogP contribution in [0.1, 0.15) is 55.5 Å². The Morgan fingerprint density at radius 3 is 2.64 bits per heavy atom. The molecule has 2 aliphatic rings. The van der Waals surface area contributed by atoms with Crippen molar-refractivity contribution in [2.75, 3.05) is 17.2 Å². The molecular weight excluding hydrogens is 489 g/mol. The van der Waals surface area contributed by atoms with Crippen molar-refractivity contribution in [1.29, 1.82) is 0 Å². The average Bonchev–Trinajstić information content (AvgIpc) is 3.44. The monoisotopic (exact) mass is 513 g/mol. The quantitative estimate of drug-likeness (QED) is 0.458. The van der Waals surface area contributed by atoms with Crippen LogP contribution in [-0.2, 0) is 9.59 Å². The number of fused-ring (bicyclic) bond motifs is 1. The van der Waals surface area contributed by atoms with Gasteiger partial charge in [-0.1, -0.05) is 11.6 Å². The molecule has 1 saturated carbocycles. The molecule has 0 unspecified atom stereocenters. The Hall–Kier alpha value is -3.53. The van der Waals surface area contributed by atoms with Gasteiger partial charge in [0.25, 0.3) is 5.91 Å². The number of aromatic nitrogens is 2. The Morgan fingerprint density at radius 2 is 1.94 bits per heavy atom. The van der Waals surface area contributed by atoms with Crippen molar-refractivity contribution in [1.82, 2.24) is 14.9 Å². The van der Waals surface area contributed by atoms with E-state index >= 15 is 0 Å². The maximum atomic E-state index is 13.9. The zero-order chi connectivity index (χ0) is 25.2. The van der Waals surface area contributed by atoms with Gasteiger partial charge in [-0.3, -0.25) is 14.4 Å². The topological polar surface area (TPSA) is 117 Å². The number of likely N-dealkylation sites (tertiary alicyclic amines) is 1. The van der Waals surface area contributed by atoms with Gasteiger partial charge in [-0.25, -0.2) is 9.97 Å². The minimum atomic E-state index is -0.764. The van der Waals surface area contributed by atoms with Crippen LogP contribution in [0.25, 0.3) is 11.1 Å². The van der Waals surface area contributed by atoms with E-state index in [2.05, 4.69) is 20.6 Å². The minimum Gasteiger partial charge on any atom is -0.447 e. The predicted molar refractivity (Wildman–Crippen MR) is 131 cm³/mol. The summed E-state index contributed by atoms with van der Waals surface area (Å²) in [6.45, 7) is 0.822. The molecule has 0 spiro atoms. The van der Waals surface area contributed by atoms with Crippen LogP contribution < -0.4 is 10.6 Å². The van der Waals surface area contributed by atoms with Gasteiger partial charge in [0.15, 0.2) is 5.58 Å². The fraction of sp³-hybridized carbons (Fsp3) is 0.400. The highest BCUT2D eigenvalue weighted by Crippen LogP contribution is 2.34. The largest absolute Gasteiger partial charge is 0.447 e. The maximum Gasteiger partial charge on any atom is 0.294 e. The molecule has 0 aromatic carbocycles. The fourth-order valence-corrected chi connectivity index (χ4v) is 5.13. The van der Waals surface area contributed by atoms with Crippen LogP contribution in [-0.4, -0.2) is 45.2 Å². The lowest BCUT2D eigenvalue weighted by molar-refractivity contribution is -0.130. The number of rotatable bonds is 6. The Bertz CT molecular complexity index is 1300. The van der Waals surface area contributed by atoms with Crippen LogP contribution in [0.2, 0.25) is 5.02 Å². The molecule has 9 nitrogen and oxygen atoms in total. The fourth-order valence-electron chi connectivity index (χ4n) is 5.02. The standard InChI is InChI=1S/C25H25ClFN5O4/c26-15-5-10-19(28-13-15)30-25(35)24-23(22-17(36-24)8-9-18(27)29-22)31-20(33)12-14-3-6-16(7-4-14)32-11-1-2-21(32)34/h5,8-10,13-14,16H,1-4,6-7,11-12H2,(H,31,33)(H,28,30,35). The van der Waals surface area contributed by atoms with Crippen molar-refractivity contribution in [2.24, 2.45) is 5.92 Å². The second-order valence-corrected chi connectivity index (χ2v) is 9.66. The van der Waals surface area contributed by atoms with Crippen LogP contribution in [0.3, 0.4) is 0 Å². The van der Waals surface area contributed by atoms with Crippen LogP contribution in [0.5, 0.6) is 0 Å². The van der Waals surface area contributed by atoms with Gasteiger partial charge >= 0.3 is 0 Å². The van der Waals surface area contributed by atoms with Crippen LogP contribution >= 0.6 is 11.6 Å². The first-order valence-electron chi connectivity index (χ1n) is 12.0. The summed E-state index contributed by atoms with van der Waals surface area (Å²) in [7, 11) is 0. The number of hydrogen-bond acceptors (Lipinski definition) is 6. The summed E-state index contributed by atoms with van der Waals surface area (Å²) < 4.78 is 19.5. The van der Waals surface area contributed by atoms with Gasteiger partial charge in [-0.2, -0.15) is 4.39 Å². The van der Waals surface area contributed by atoms with Crippen LogP contribution in [0, 0.1) is 11.9 Å². The van der Waals surface area contributed by atoms with E-state index in [1.54, 1.807) is 6.07 Å². The van der Waals surface area contributed by atoms with Crippen molar-refractivity contribution in [3.05, 3.63) is 47.2 Å². The number of carbonyl (C=O) groups is 3. The zero-order valence-corrected chi connectivity index (χ0v) is 20.2. The molecule has 1 aliphatic heterocycles. The Balaban J connectivity index is 1.28. The molecule has 0 radical (unpaired) electrons. The van der Waals surface area contributed by atoms with Crippen LogP contribution in [0.4, 0.5) is 15.9 Å². The summed E-state index contributed by atoms with van der Waals surface area (Å²) in [5.74, 6) is -1.35. The third kappa shape index (κ3) is 5.18. The molecule has 4 heterocycles. The summed E-state index contributed by atoms with van der Waals surface area (Å²) in [5.41, 5.74) is 0.225. The number of halogens is 2. The molecule has 1 aliphatic carbocycles. The molecule has 0 atom stereocenters. The molecule has 11 heteroatoms. The first-order valence-corrected chi connectivity index (χ1v) is 12.4. The van der Waals surface area contributed by atoms with Gasteiger partial charge in [-0.15, -0.1) is 0 Å². The van der Waals surface area contributed by atoms with E-state index in [1.165, 1.54) is 18.3 Å². The Kier molecular flexibility index (Phi) is 6.86. The lowest BCUT2D eigenvalue weighted by atomic mass is 9.83. The molecule has 0 bridgehead atoms. The summed E-state index contributed by atoms with van der Waals surface area (Å²) in [6, 6.07) is 5.80. The van der Waals surface area contributed by atoms with Gasteiger partial charge < -0.3 is 20.0 Å². The molecule has 3 amide bonds. The highest BCUT2D eigenvalue weighted by molar-refractivity contribution is 6.30. The maximum absolute atomic E-state index is 13.9. The van der Waals surface area contributed by atoms with E-state index in [4.69, 9.17) is 16.0 Å². The van der Waals surface area contributed by atoms with E-state index in [1.807, 2.05) is 4.90 Å². The zero-order valence-electron chi connectivity index (χ0n) is 19.4. The molecule has 3 aromatic heterocycles. The third-order valence-electron chi connectivity index (χ3n) is 6.78. The minimum absolute atomic E-state index is 0.0114. The summed E-state index contributed by atoms with van der Waals surface area (Å²) in [6.07, 6.45) is 6.55. The van der Waals surface area contributed by atoms with E-state index in [9.17, 15) is 18.8 Å². The highest BCUT2D eigenvalue weighted by Gasteiger charge is 2.32. The van der Waals surface area contributed by atoms with E-state index in [0.717, 1.165) is 44.7 Å². The number of anilines is 2. The second-order valence-electron chi connectivity index (χ2n) is 9.22. The first kappa shape index (κ1) is 24.2. The number of carbonyl (C=O) groups excluding carboxylic acids is 3. The molecule has 188 valence electrons. The van der Waals surface area contributed by atoms with Gasteiger partial charge in [-0.05, 0) is 62.3 Å². The van der Waals surface area contributed by atoms with Gasteiger partial charge in [0.2, 0.25) is 23.5 Å². The number of nitrogens with one attached hydrogen (secondary N) is 2. The SMILES string of the molecule is O=C(CC1CCC(N2CCCC2=O)CC1)Nc1c(C(=O)Nc2ccc(Cl)cn2)oc2ccc(F)nc12. The normalized spacial score (nSPS) is 20.1. The summed E-state index contributed by atoms with van der Waals surface area (Å²) >= 11 is 5.84. The molecule has 36 heavy (non-hydrogen) atoms. The van der Waals surface area contributed by atoms with Crippen molar-refractivity contribution in [3.8, 4) is 0 Å². The smallest absolute Gasteiger partial charge is 0.294 e. The van der Waals surface area contributed by atoms with E-state index in [-0.39, 0.29) is 58.6 Å². The molecule has 2 N–H and O–H groups in total. The molecule has 3 aromatic rings. The number of amides is 3. The molecular formula is C25H25ClFN5O4. The summed E-state index contributed by atoms with van der Waals surface area (Å²) in [4.78, 5) is 47.8. The molecule has 5 rings (SSSR count). The molecule has 2 fully saturated rings. The highest BCUT2D eigenvalue weighted by atomic mass is 35.5.